The molecule has 1 heterocycles. The van der Waals surface area contributed by atoms with Gasteiger partial charge in [-0.15, -0.1) is 0 Å². The van der Waals surface area contributed by atoms with Crippen LogP contribution >= 0.6 is 0 Å². The van der Waals surface area contributed by atoms with Gasteiger partial charge in [-0.05, 0) is 61.7 Å². The van der Waals surface area contributed by atoms with Crippen LogP contribution in [0.5, 0.6) is 0 Å². The number of hydrogen-bond acceptors (Lipinski definition) is 3. The van der Waals surface area contributed by atoms with Crippen molar-refractivity contribution in [3.8, 4) is 0 Å². The van der Waals surface area contributed by atoms with E-state index in [1.807, 2.05) is 0 Å². The van der Waals surface area contributed by atoms with Gasteiger partial charge in [0.1, 0.15) is 11.6 Å². The molecule has 1 aliphatic carbocycles. The third kappa shape index (κ3) is 3.58. The fourth-order valence-electron chi connectivity index (χ4n) is 3.84. The van der Waals surface area contributed by atoms with E-state index in [4.69, 9.17) is 5.41 Å². The van der Waals surface area contributed by atoms with Gasteiger partial charge in [0.2, 0.25) is 5.91 Å². The van der Waals surface area contributed by atoms with E-state index in [-0.39, 0.29) is 18.2 Å². The fourth-order valence-corrected chi connectivity index (χ4v) is 3.84. The summed E-state index contributed by atoms with van der Waals surface area (Å²) >= 11 is 0. The minimum absolute atomic E-state index is 0.0428. The van der Waals surface area contributed by atoms with Gasteiger partial charge >= 0.3 is 0 Å². The molecular weight excluding hydrogens is 300 g/mol. The maximum atomic E-state index is 13.4. The van der Waals surface area contributed by atoms with Crippen molar-refractivity contribution in [1.29, 1.82) is 5.41 Å². The van der Waals surface area contributed by atoms with E-state index < -0.39 is 17.7 Å². The summed E-state index contributed by atoms with van der Waals surface area (Å²) in [5.41, 5.74) is 0.360. The smallest absolute Gasteiger partial charge is 0.223 e. The van der Waals surface area contributed by atoms with Crippen molar-refractivity contribution >= 4 is 12.1 Å². The molecule has 3 atom stereocenters. The Morgan fingerprint density at radius 1 is 1.26 bits per heavy atom. The first-order valence-corrected chi connectivity index (χ1v) is 8.03. The summed E-state index contributed by atoms with van der Waals surface area (Å²) in [6.07, 6.45) is 3.09. The molecule has 0 bridgehead atoms. The highest BCUT2D eigenvalue weighted by atomic mass is 19.1. The number of carbonyl (C=O) groups is 1. The van der Waals surface area contributed by atoms with Gasteiger partial charge in [-0.25, -0.2) is 8.78 Å². The van der Waals surface area contributed by atoms with Crippen molar-refractivity contribution in [3.05, 3.63) is 35.4 Å². The first-order valence-electron chi connectivity index (χ1n) is 8.03. The van der Waals surface area contributed by atoms with Gasteiger partial charge in [0, 0.05) is 18.4 Å². The zero-order chi connectivity index (χ0) is 16.4. The SMILES string of the molecule is N=CCC(NC(=O)C1CC2CNCC2C1)c1cc(F)cc(F)c1. The minimum Gasteiger partial charge on any atom is -0.349 e. The van der Waals surface area contributed by atoms with Gasteiger partial charge < -0.3 is 16.0 Å². The number of fused-ring (bicyclic) bond motifs is 1. The minimum atomic E-state index is -0.675. The Hall–Kier alpha value is -1.82. The first kappa shape index (κ1) is 16.1. The quantitative estimate of drug-likeness (QED) is 0.729. The van der Waals surface area contributed by atoms with Crippen LogP contribution in [-0.4, -0.2) is 25.2 Å². The lowest BCUT2D eigenvalue weighted by atomic mass is 10.0. The van der Waals surface area contributed by atoms with E-state index in [9.17, 15) is 13.6 Å². The first-order chi connectivity index (χ1) is 11.1. The zero-order valence-electron chi connectivity index (χ0n) is 12.8. The fraction of sp³-hybridized carbons (Fsp3) is 0.529. The van der Waals surface area contributed by atoms with Gasteiger partial charge in [-0.2, -0.15) is 0 Å². The van der Waals surface area contributed by atoms with Crippen molar-refractivity contribution in [2.45, 2.75) is 25.3 Å². The van der Waals surface area contributed by atoms with Crippen LogP contribution in [0, 0.1) is 34.8 Å². The van der Waals surface area contributed by atoms with Crippen LogP contribution in [0.25, 0.3) is 0 Å². The van der Waals surface area contributed by atoms with Gasteiger partial charge in [0.25, 0.3) is 0 Å². The van der Waals surface area contributed by atoms with Gasteiger partial charge in [-0.3, -0.25) is 4.79 Å². The molecule has 1 aliphatic heterocycles. The Bertz CT molecular complexity index is 575. The number of amides is 1. The summed E-state index contributed by atoms with van der Waals surface area (Å²) in [5.74, 6) is -0.358. The molecular formula is C17H21F2N3O. The number of hydrogen-bond donors (Lipinski definition) is 3. The average Bonchev–Trinajstić information content (AvgIpc) is 3.06. The number of halogens is 2. The van der Waals surface area contributed by atoms with Crippen LogP contribution in [-0.2, 0) is 4.79 Å². The highest BCUT2D eigenvalue weighted by molar-refractivity contribution is 5.80. The predicted molar refractivity (Wildman–Crippen MR) is 83.2 cm³/mol. The van der Waals surface area contributed by atoms with Gasteiger partial charge in [0.15, 0.2) is 0 Å². The zero-order valence-corrected chi connectivity index (χ0v) is 12.8. The molecule has 2 fully saturated rings. The van der Waals surface area contributed by atoms with E-state index in [2.05, 4.69) is 10.6 Å². The Kier molecular flexibility index (Phi) is 4.71. The van der Waals surface area contributed by atoms with Crippen molar-refractivity contribution in [2.75, 3.05) is 13.1 Å². The molecule has 0 spiro atoms. The summed E-state index contributed by atoms with van der Waals surface area (Å²) in [7, 11) is 0. The maximum absolute atomic E-state index is 13.4. The van der Waals surface area contributed by atoms with Crippen molar-refractivity contribution in [2.24, 2.45) is 17.8 Å². The van der Waals surface area contributed by atoms with Crippen molar-refractivity contribution < 1.29 is 13.6 Å². The maximum Gasteiger partial charge on any atom is 0.223 e. The molecule has 2 aliphatic rings. The molecule has 1 aromatic carbocycles. The monoisotopic (exact) mass is 321 g/mol. The summed E-state index contributed by atoms with van der Waals surface area (Å²) < 4.78 is 26.8. The third-order valence-electron chi connectivity index (χ3n) is 4.98. The molecule has 1 saturated carbocycles. The molecule has 4 nitrogen and oxygen atoms in total. The molecule has 3 rings (SSSR count). The van der Waals surface area contributed by atoms with Crippen LogP contribution in [0.4, 0.5) is 8.78 Å². The van der Waals surface area contributed by atoms with Crippen LogP contribution in [0.3, 0.4) is 0 Å². The molecule has 1 amide bonds. The largest absolute Gasteiger partial charge is 0.349 e. The lowest BCUT2D eigenvalue weighted by Gasteiger charge is -2.20. The van der Waals surface area contributed by atoms with Crippen LogP contribution in [0.15, 0.2) is 18.2 Å². The summed E-state index contributed by atoms with van der Waals surface area (Å²) in [6, 6.07) is 2.66. The molecule has 1 saturated heterocycles. The second-order valence-electron chi connectivity index (χ2n) is 6.55. The Balaban J connectivity index is 1.69. The highest BCUT2D eigenvalue weighted by Crippen LogP contribution is 2.38. The van der Waals surface area contributed by atoms with Crippen molar-refractivity contribution in [3.63, 3.8) is 0 Å². The molecule has 1 aromatic rings. The number of rotatable bonds is 5. The standard InChI is InChI=1S/C17H21F2N3O/c18-14-5-10(6-15(19)7-14)16(1-2-20)22-17(23)11-3-12-8-21-9-13(12)4-11/h2,5-7,11-13,16,20-21H,1,3-4,8-9H2,(H,22,23). The van der Waals surface area contributed by atoms with Crippen LogP contribution in [0.2, 0.25) is 0 Å². The van der Waals surface area contributed by atoms with E-state index in [1.54, 1.807) is 0 Å². The van der Waals surface area contributed by atoms with Gasteiger partial charge in [0.05, 0.1) is 6.04 Å². The molecule has 3 N–H and O–H groups in total. The molecule has 3 unspecified atom stereocenters. The number of carbonyl (C=O) groups excluding carboxylic acids is 1. The Labute approximate surface area is 134 Å². The van der Waals surface area contributed by atoms with Crippen LogP contribution in [0.1, 0.15) is 30.9 Å². The van der Waals surface area contributed by atoms with Gasteiger partial charge in [-0.1, -0.05) is 0 Å². The van der Waals surface area contributed by atoms with E-state index in [0.29, 0.717) is 17.4 Å². The molecule has 6 heteroatoms. The number of nitrogens with one attached hydrogen (secondary N) is 3. The number of benzene rings is 1. The molecule has 0 aromatic heterocycles. The van der Waals surface area contributed by atoms with E-state index in [0.717, 1.165) is 38.2 Å². The third-order valence-corrected chi connectivity index (χ3v) is 4.98. The Morgan fingerprint density at radius 3 is 2.43 bits per heavy atom. The topological polar surface area (TPSA) is 65.0 Å². The van der Waals surface area contributed by atoms with Crippen LogP contribution < -0.4 is 10.6 Å². The molecule has 124 valence electrons. The Morgan fingerprint density at radius 2 is 1.87 bits per heavy atom. The second-order valence-corrected chi connectivity index (χ2v) is 6.55. The van der Waals surface area contributed by atoms with E-state index in [1.165, 1.54) is 12.1 Å². The highest BCUT2D eigenvalue weighted by Gasteiger charge is 2.40. The predicted octanol–water partition coefficient (Wildman–Crippen LogP) is 2.41. The summed E-state index contributed by atoms with van der Waals surface area (Å²) in [5, 5.41) is 13.5. The second kappa shape index (κ2) is 6.74. The van der Waals surface area contributed by atoms with E-state index >= 15 is 0 Å². The lowest BCUT2D eigenvalue weighted by Crippen LogP contribution is -2.34. The molecule has 0 radical (unpaired) electrons. The van der Waals surface area contributed by atoms with Crippen molar-refractivity contribution in [1.82, 2.24) is 10.6 Å². The summed E-state index contributed by atoms with van der Waals surface area (Å²) in [4.78, 5) is 12.5. The summed E-state index contributed by atoms with van der Waals surface area (Å²) in [6.45, 7) is 1.93. The average molecular weight is 321 g/mol. The molecule has 23 heavy (non-hydrogen) atoms. The normalized spacial score (nSPS) is 27.5. The lowest BCUT2D eigenvalue weighted by molar-refractivity contribution is -0.125.